The van der Waals surface area contributed by atoms with Crippen LogP contribution in [0.4, 0.5) is 17.6 Å². The minimum Gasteiger partial charge on any atom is -0.308 e. The number of aromatic nitrogens is 4. The van der Waals surface area contributed by atoms with Gasteiger partial charge in [-0.05, 0) is 102 Å². The maximum absolute atomic E-state index is 15.1. The second-order valence-corrected chi connectivity index (χ2v) is 12.3. The highest BCUT2D eigenvalue weighted by Crippen LogP contribution is 2.38. The molecule has 0 unspecified atom stereocenters. The van der Waals surface area contributed by atoms with E-state index >= 15 is 17.6 Å². The minimum absolute atomic E-state index is 0.105. The number of hydrogen-bond acceptors (Lipinski definition) is 4. The summed E-state index contributed by atoms with van der Waals surface area (Å²) in [5.74, 6) is -3.33. The van der Waals surface area contributed by atoms with Crippen LogP contribution in [0.3, 0.4) is 0 Å². The van der Waals surface area contributed by atoms with E-state index in [1.807, 2.05) is 57.7 Å². The molecule has 5 aromatic carbocycles. The van der Waals surface area contributed by atoms with Gasteiger partial charge in [0.05, 0.1) is 67.5 Å². The maximum Gasteiger partial charge on any atom is 0.135 e. The van der Waals surface area contributed by atoms with Crippen molar-refractivity contribution in [2.75, 3.05) is 0 Å². The number of benzene rings is 5. The number of hydrogen-bond donors (Lipinski definition) is 0. The molecule has 52 heavy (non-hydrogen) atoms. The SMILES string of the molecule is N#Cc1cc(F)c(-c2ccc3c(c2)c2ncccc2n3-c2cccc(-n3c4ccc(-c5c(F)cc(C#N)cc5F)cc4c4ncccc43)c2)c(F)c1. The molecule has 246 valence electrons. The van der Waals surface area contributed by atoms with E-state index in [2.05, 4.69) is 9.97 Å². The normalized spacial score (nSPS) is 11.4. The molecule has 0 spiro atoms. The van der Waals surface area contributed by atoms with Gasteiger partial charge >= 0.3 is 0 Å². The molecule has 9 aromatic rings. The molecule has 10 heteroatoms. The monoisotopic (exact) mass is 684 g/mol. The van der Waals surface area contributed by atoms with Crippen molar-refractivity contribution in [3.63, 3.8) is 0 Å². The Hall–Kier alpha value is -7.30. The van der Waals surface area contributed by atoms with E-state index in [4.69, 9.17) is 10.5 Å². The Kier molecular flexibility index (Phi) is 6.89. The van der Waals surface area contributed by atoms with Gasteiger partial charge in [0.25, 0.3) is 0 Å². The van der Waals surface area contributed by atoms with Crippen molar-refractivity contribution in [1.29, 1.82) is 10.5 Å². The Morgan fingerprint density at radius 2 is 0.885 bits per heavy atom. The van der Waals surface area contributed by atoms with Gasteiger partial charge in [-0.1, -0.05) is 18.2 Å². The first-order valence-electron chi connectivity index (χ1n) is 16.0. The fourth-order valence-corrected chi connectivity index (χ4v) is 7.14. The van der Waals surface area contributed by atoms with E-state index in [9.17, 15) is 0 Å². The Morgan fingerprint density at radius 3 is 1.29 bits per heavy atom. The van der Waals surface area contributed by atoms with Crippen LogP contribution in [0, 0.1) is 45.9 Å². The van der Waals surface area contributed by atoms with Crippen LogP contribution in [0.5, 0.6) is 0 Å². The summed E-state index contributed by atoms with van der Waals surface area (Å²) in [7, 11) is 0. The zero-order chi connectivity index (χ0) is 35.7. The molecule has 0 aliphatic heterocycles. The lowest BCUT2D eigenvalue weighted by Gasteiger charge is -2.13. The molecule has 0 saturated heterocycles. The fourth-order valence-electron chi connectivity index (χ4n) is 7.14. The highest BCUT2D eigenvalue weighted by atomic mass is 19.1. The largest absolute Gasteiger partial charge is 0.308 e. The van der Waals surface area contributed by atoms with E-state index in [0.717, 1.165) is 57.7 Å². The standard InChI is InChI=1S/C42H20F4N6/c43-31-14-23(21-47)15-32(44)39(31)25-8-10-35-29(18-25)41-37(6-2-12-49-41)51(35)27-4-1-5-28(20-27)52-36-11-9-26(19-30(36)42-38(52)7-3-13-50-42)40-33(45)16-24(22-48)17-34(40)46/h1-20H. The predicted octanol–water partition coefficient (Wildman–Crippen LogP) is 10.3. The van der Waals surface area contributed by atoms with Crippen molar-refractivity contribution >= 4 is 43.9 Å². The fraction of sp³-hybridized carbons (Fsp3) is 0. The Morgan fingerprint density at radius 1 is 0.462 bits per heavy atom. The second kappa shape index (κ2) is 11.7. The van der Waals surface area contributed by atoms with Gasteiger partial charge < -0.3 is 9.13 Å². The molecule has 0 radical (unpaired) electrons. The van der Waals surface area contributed by atoms with Gasteiger partial charge in [-0.3, -0.25) is 9.97 Å². The second-order valence-electron chi connectivity index (χ2n) is 12.3. The number of rotatable bonds is 4. The van der Waals surface area contributed by atoms with Gasteiger partial charge in [0.1, 0.15) is 23.3 Å². The summed E-state index contributed by atoms with van der Waals surface area (Å²) in [6.45, 7) is 0. The van der Waals surface area contributed by atoms with Crippen molar-refractivity contribution in [3.05, 3.63) is 156 Å². The van der Waals surface area contributed by atoms with Crippen molar-refractivity contribution in [2.24, 2.45) is 0 Å². The molecular weight excluding hydrogens is 664 g/mol. The molecule has 4 heterocycles. The molecule has 0 amide bonds. The zero-order valence-electron chi connectivity index (χ0n) is 26.7. The number of pyridine rings is 2. The third-order valence-electron chi connectivity index (χ3n) is 9.31. The van der Waals surface area contributed by atoms with Gasteiger partial charge in [-0.25, -0.2) is 17.6 Å². The molecule has 0 aliphatic carbocycles. The summed E-state index contributed by atoms with van der Waals surface area (Å²) in [5.41, 5.74) is 5.83. The predicted molar refractivity (Wildman–Crippen MR) is 191 cm³/mol. The lowest BCUT2D eigenvalue weighted by Crippen LogP contribution is -1.99. The van der Waals surface area contributed by atoms with E-state index in [0.29, 0.717) is 32.9 Å². The molecule has 0 atom stereocenters. The Balaban J connectivity index is 1.23. The van der Waals surface area contributed by atoms with Crippen molar-refractivity contribution < 1.29 is 17.6 Å². The van der Waals surface area contributed by atoms with Crippen LogP contribution in [0.15, 0.2) is 122 Å². The summed E-state index contributed by atoms with van der Waals surface area (Å²) < 4.78 is 64.4. The smallest absolute Gasteiger partial charge is 0.135 e. The van der Waals surface area contributed by atoms with Crippen LogP contribution in [-0.2, 0) is 0 Å². The summed E-state index contributed by atoms with van der Waals surface area (Å²) in [5, 5.41) is 19.7. The molecule has 4 aromatic heterocycles. The number of nitrogens with zero attached hydrogens (tertiary/aromatic N) is 6. The maximum atomic E-state index is 15.1. The highest BCUT2D eigenvalue weighted by Gasteiger charge is 2.21. The lowest BCUT2D eigenvalue weighted by atomic mass is 10.0. The van der Waals surface area contributed by atoms with Gasteiger partial charge in [0.15, 0.2) is 0 Å². The molecule has 0 N–H and O–H groups in total. The third kappa shape index (κ3) is 4.63. The van der Waals surface area contributed by atoms with Crippen LogP contribution < -0.4 is 0 Å². The topological polar surface area (TPSA) is 83.2 Å². The highest BCUT2D eigenvalue weighted by molar-refractivity contribution is 6.10. The summed E-state index contributed by atoms with van der Waals surface area (Å²) in [6.07, 6.45) is 3.32. The van der Waals surface area contributed by atoms with Crippen LogP contribution in [-0.4, -0.2) is 19.1 Å². The molecule has 9 rings (SSSR count). The zero-order valence-corrected chi connectivity index (χ0v) is 26.7. The third-order valence-corrected chi connectivity index (χ3v) is 9.31. The van der Waals surface area contributed by atoms with Gasteiger partial charge in [-0.2, -0.15) is 10.5 Å². The number of halogens is 4. The summed E-state index contributed by atoms with van der Waals surface area (Å²) in [4.78, 5) is 9.28. The average Bonchev–Trinajstić information content (AvgIpc) is 3.66. The van der Waals surface area contributed by atoms with Crippen LogP contribution >= 0.6 is 0 Å². The average molecular weight is 685 g/mol. The van der Waals surface area contributed by atoms with Crippen molar-refractivity contribution in [2.45, 2.75) is 0 Å². The van der Waals surface area contributed by atoms with Crippen molar-refractivity contribution in [3.8, 4) is 45.8 Å². The van der Waals surface area contributed by atoms with Gasteiger partial charge in [0.2, 0.25) is 0 Å². The van der Waals surface area contributed by atoms with Gasteiger partial charge in [-0.15, -0.1) is 0 Å². The first kappa shape index (κ1) is 30.7. The first-order valence-corrected chi connectivity index (χ1v) is 16.0. The van der Waals surface area contributed by atoms with E-state index in [1.165, 1.54) is 0 Å². The minimum atomic E-state index is -0.833. The quantitative estimate of drug-likeness (QED) is 0.173. The molecule has 0 saturated carbocycles. The Bertz CT molecular complexity index is 2810. The summed E-state index contributed by atoms with van der Waals surface area (Å²) >= 11 is 0. The van der Waals surface area contributed by atoms with Crippen LogP contribution in [0.1, 0.15) is 11.1 Å². The summed E-state index contributed by atoms with van der Waals surface area (Å²) in [6, 6.07) is 33.2. The van der Waals surface area contributed by atoms with Gasteiger partial charge in [0, 0.05) is 34.5 Å². The Labute approximate surface area is 292 Å². The van der Waals surface area contributed by atoms with E-state index in [-0.39, 0.29) is 22.3 Å². The molecule has 6 nitrogen and oxygen atoms in total. The van der Waals surface area contributed by atoms with Crippen LogP contribution in [0.2, 0.25) is 0 Å². The van der Waals surface area contributed by atoms with Crippen molar-refractivity contribution in [1.82, 2.24) is 19.1 Å². The number of fused-ring (bicyclic) bond motifs is 6. The molecular formula is C42H20F4N6. The lowest BCUT2D eigenvalue weighted by molar-refractivity contribution is 0.588. The molecule has 0 fully saturated rings. The first-order chi connectivity index (χ1) is 25.3. The molecule has 0 bridgehead atoms. The number of nitriles is 2. The van der Waals surface area contributed by atoms with Crippen LogP contribution in [0.25, 0.3) is 77.5 Å². The van der Waals surface area contributed by atoms with E-state index in [1.54, 1.807) is 60.9 Å². The van der Waals surface area contributed by atoms with E-state index < -0.39 is 23.3 Å². The molecule has 0 aliphatic rings.